The SMILES string of the molecule is CCOC(C)(C=CO)CCC=C(C)C. The lowest BCUT2D eigenvalue weighted by Gasteiger charge is -2.25. The average Bonchev–Trinajstić information content (AvgIpc) is 2.03. The van der Waals surface area contributed by atoms with Gasteiger partial charge in [-0.1, -0.05) is 11.6 Å². The molecule has 0 fully saturated rings. The molecule has 1 N–H and O–H groups in total. The first kappa shape index (κ1) is 13.2. The molecular formula is C12H22O2. The van der Waals surface area contributed by atoms with E-state index in [9.17, 15) is 0 Å². The van der Waals surface area contributed by atoms with Crippen LogP contribution in [0.1, 0.15) is 40.5 Å². The third-order valence-corrected chi connectivity index (χ3v) is 2.09. The van der Waals surface area contributed by atoms with Gasteiger partial charge in [0.1, 0.15) is 0 Å². The van der Waals surface area contributed by atoms with Crippen molar-refractivity contribution in [2.24, 2.45) is 0 Å². The van der Waals surface area contributed by atoms with E-state index in [2.05, 4.69) is 19.9 Å². The molecule has 0 saturated heterocycles. The molecule has 0 saturated carbocycles. The Morgan fingerprint density at radius 2 is 2.07 bits per heavy atom. The summed E-state index contributed by atoms with van der Waals surface area (Å²) in [7, 11) is 0. The zero-order valence-corrected chi connectivity index (χ0v) is 9.71. The lowest BCUT2D eigenvalue weighted by atomic mass is 9.99. The van der Waals surface area contributed by atoms with Gasteiger partial charge in [0.2, 0.25) is 0 Å². The summed E-state index contributed by atoms with van der Waals surface area (Å²) in [6.07, 6.45) is 6.82. The first-order valence-electron chi connectivity index (χ1n) is 5.13. The van der Waals surface area contributed by atoms with Gasteiger partial charge in [0.15, 0.2) is 0 Å². The van der Waals surface area contributed by atoms with Crippen LogP contribution in [0.4, 0.5) is 0 Å². The Morgan fingerprint density at radius 1 is 1.43 bits per heavy atom. The molecule has 0 aromatic heterocycles. The van der Waals surface area contributed by atoms with E-state index >= 15 is 0 Å². The molecule has 0 bridgehead atoms. The Kier molecular flexibility index (Phi) is 6.30. The molecule has 0 aliphatic rings. The van der Waals surface area contributed by atoms with Crippen molar-refractivity contribution >= 4 is 0 Å². The van der Waals surface area contributed by atoms with Gasteiger partial charge in [-0.2, -0.15) is 0 Å². The van der Waals surface area contributed by atoms with Crippen LogP contribution < -0.4 is 0 Å². The van der Waals surface area contributed by atoms with E-state index in [0.29, 0.717) is 6.61 Å². The molecule has 0 aliphatic heterocycles. The fraction of sp³-hybridized carbons (Fsp3) is 0.667. The molecule has 0 aliphatic carbocycles. The van der Waals surface area contributed by atoms with Crippen LogP contribution in [0.3, 0.4) is 0 Å². The monoisotopic (exact) mass is 198 g/mol. The van der Waals surface area contributed by atoms with Crippen molar-refractivity contribution in [3.8, 4) is 0 Å². The zero-order valence-electron chi connectivity index (χ0n) is 9.71. The smallest absolute Gasteiger partial charge is 0.0869 e. The number of aliphatic hydroxyl groups is 1. The van der Waals surface area contributed by atoms with Gasteiger partial charge in [0.25, 0.3) is 0 Å². The van der Waals surface area contributed by atoms with Crippen LogP contribution in [-0.2, 0) is 4.74 Å². The van der Waals surface area contributed by atoms with Crippen LogP contribution in [0, 0.1) is 0 Å². The number of rotatable bonds is 6. The Morgan fingerprint density at radius 3 is 2.50 bits per heavy atom. The summed E-state index contributed by atoms with van der Waals surface area (Å²) in [5.41, 5.74) is 0.979. The van der Waals surface area contributed by atoms with E-state index in [-0.39, 0.29) is 5.60 Å². The van der Waals surface area contributed by atoms with Gasteiger partial charge in [0.05, 0.1) is 11.9 Å². The molecule has 14 heavy (non-hydrogen) atoms. The molecule has 2 heteroatoms. The predicted octanol–water partition coefficient (Wildman–Crippen LogP) is 3.60. The summed E-state index contributed by atoms with van der Waals surface area (Å²) in [6, 6.07) is 0. The topological polar surface area (TPSA) is 29.5 Å². The number of aliphatic hydroxyl groups excluding tert-OH is 1. The number of hydrogen-bond donors (Lipinski definition) is 1. The highest BCUT2D eigenvalue weighted by atomic mass is 16.5. The quantitative estimate of drug-likeness (QED) is 0.522. The molecule has 0 spiro atoms. The third-order valence-electron chi connectivity index (χ3n) is 2.09. The largest absolute Gasteiger partial charge is 0.516 e. The summed E-state index contributed by atoms with van der Waals surface area (Å²) in [5.74, 6) is 0. The molecule has 0 aromatic rings. The lowest BCUT2D eigenvalue weighted by Crippen LogP contribution is -2.25. The maximum atomic E-state index is 8.76. The summed E-state index contributed by atoms with van der Waals surface area (Å²) >= 11 is 0. The van der Waals surface area contributed by atoms with Crippen molar-refractivity contribution in [3.63, 3.8) is 0 Å². The number of allylic oxidation sites excluding steroid dienone is 2. The molecule has 0 radical (unpaired) electrons. The Balaban J connectivity index is 4.15. The molecule has 1 unspecified atom stereocenters. The minimum atomic E-state index is -0.338. The van der Waals surface area contributed by atoms with Crippen LogP contribution in [0.2, 0.25) is 0 Å². The van der Waals surface area contributed by atoms with Gasteiger partial charge in [-0.25, -0.2) is 0 Å². The third kappa shape index (κ3) is 5.81. The van der Waals surface area contributed by atoms with E-state index < -0.39 is 0 Å². The molecule has 0 heterocycles. The van der Waals surface area contributed by atoms with Gasteiger partial charge in [0, 0.05) is 6.61 Å². The first-order chi connectivity index (χ1) is 6.54. The van der Waals surface area contributed by atoms with Crippen molar-refractivity contribution in [1.82, 2.24) is 0 Å². The van der Waals surface area contributed by atoms with E-state index in [1.54, 1.807) is 6.08 Å². The van der Waals surface area contributed by atoms with Crippen molar-refractivity contribution in [1.29, 1.82) is 0 Å². The van der Waals surface area contributed by atoms with E-state index in [0.717, 1.165) is 19.1 Å². The Labute approximate surface area is 87.3 Å². The predicted molar refractivity (Wildman–Crippen MR) is 60.5 cm³/mol. The van der Waals surface area contributed by atoms with E-state index in [1.165, 1.54) is 5.57 Å². The van der Waals surface area contributed by atoms with Crippen molar-refractivity contribution < 1.29 is 9.84 Å². The second kappa shape index (κ2) is 6.66. The fourth-order valence-corrected chi connectivity index (χ4v) is 1.34. The standard InChI is InChI=1S/C12H22O2/c1-5-14-12(4,9-10-13)8-6-7-11(2)3/h7,9-10,13H,5-6,8H2,1-4H3. The van der Waals surface area contributed by atoms with Gasteiger partial charge in [-0.3, -0.25) is 0 Å². The van der Waals surface area contributed by atoms with Crippen LogP contribution in [0.25, 0.3) is 0 Å². The molecule has 2 nitrogen and oxygen atoms in total. The minimum absolute atomic E-state index is 0.338. The minimum Gasteiger partial charge on any atom is -0.516 e. The molecule has 1 atom stereocenters. The zero-order chi connectivity index (χ0) is 11.0. The molecular weight excluding hydrogens is 176 g/mol. The van der Waals surface area contributed by atoms with Crippen molar-refractivity contribution in [2.75, 3.05) is 6.61 Å². The average molecular weight is 198 g/mol. The van der Waals surface area contributed by atoms with Gasteiger partial charge in [-0.05, 0) is 46.6 Å². The molecule has 0 aromatic carbocycles. The highest BCUT2D eigenvalue weighted by Crippen LogP contribution is 2.20. The summed E-state index contributed by atoms with van der Waals surface area (Å²) < 4.78 is 5.58. The van der Waals surface area contributed by atoms with Crippen LogP contribution >= 0.6 is 0 Å². The van der Waals surface area contributed by atoms with Crippen LogP contribution in [-0.4, -0.2) is 17.3 Å². The number of ether oxygens (including phenoxy) is 1. The van der Waals surface area contributed by atoms with Gasteiger partial charge >= 0.3 is 0 Å². The van der Waals surface area contributed by atoms with Gasteiger partial charge < -0.3 is 9.84 Å². The molecule has 82 valence electrons. The fourth-order valence-electron chi connectivity index (χ4n) is 1.34. The van der Waals surface area contributed by atoms with Crippen LogP contribution in [0.15, 0.2) is 24.0 Å². The van der Waals surface area contributed by atoms with Crippen molar-refractivity contribution in [3.05, 3.63) is 24.0 Å². The summed E-state index contributed by atoms with van der Waals surface area (Å²) in [5, 5.41) is 8.76. The normalized spacial score (nSPS) is 15.4. The number of hydrogen-bond acceptors (Lipinski definition) is 2. The second-order valence-corrected chi connectivity index (χ2v) is 3.88. The Bertz CT molecular complexity index is 202. The maximum absolute atomic E-state index is 8.76. The van der Waals surface area contributed by atoms with E-state index in [1.807, 2.05) is 13.8 Å². The summed E-state index contributed by atoms with van der Waals surface area (Å²) in [6.45, 7) is 8.78. The maximum Gasteiger partial charge on any atom is 0.0869 e. The van der Waals surface area contributed by atoms with Crippen molar-refractivity contribution in [2.45, 2.75) is 46.1 Å². The highest BCUT2D eigenvalue weighted by molar-refractivity contribution is 5.00. The Hall–Kier alpha value is -0.760. The highest BCUT2D eigenvalue weighted by Gasteiger charge is 2.19. The van der Waals surface area contributed by atoms with Crippen LogP contribution in [0.5, 0.6) is 0 Å². The molecule has 0 rings (SSSR count). The molecule has 0 amide bonds. The second-order valence-electron chi connectivity index (χ2n) is 3.88. The lowest BCUT2D eigenvalue weighted by molar-refractivity contribution is 0.00690. The van der Waals surface area contributed by atoms with E-state index in [4.69, 9.17) is 9.84 Å². The first-order valence-corrected chi connectivity index (χ1v) is 5.13. The van der Waals surface area contributed by atoms with Gasteiger partial charge in [-0.15, -0.1) is 0 Å². The summed E-state index contributed by atoms with van der Waals surface area (Å²) in [4.78, 5) is 0.